The molecule has 0 aliphatic rings. The third kappa shape index (κ3) is 16.3. The van der Waals surface area contributed by atoms with Gasteiger partial charge in [-0.05, 0) is 44.9 Å². The second-order valence-corrected chi connectivity index (χ2v) is 7.92. The van der Waals surface area contributed by atoms with Gasteiger partial charge in [-0.25, -0.2) is 0 Å². The van der Waals surface area contributed by atoms with Crippen molar-refractivity contribution >= 4 is 5.97 Å². The van der Waals surface area contributed by atoms with Crippen LogP contribution in [-0.2, 0) is 19.0 Å². The second kappa shape index (κ2) is 19.7. The lowest BCUT2D eigenvalue weighted by Crippen LogP contribution is -2.20. The molecule has 3 unspecified atom stereocenters. The van der Waals surface area contributed by atoms with Gasteiger partial charge in [0.2, 0.25) is 0 Å². The maximum atomic E-state index is 10.5. The van der Waals surface area contributed by atoms with Crippen molar-refractivity contribution in [3.05, 3.63) is 0 Å². The Bertz CT molecular complexity index is 348. The Morgan fingerprint density at radius 2 is 1.04 bits per heavy atom. The van der Waals surface area contributed by atoms with Crippen molar-refractivity contribution in [1.82, 2.24) is 0 Å². The molecule has 1 N–H and O–H groups in total. The Morgan fingerprint density at radius 1 is 0.643 bits per heavy atom. The maximum Gasteiger partial charge on any atom is 0.303 e. The van der Waals surface area contributed by atoms with Crippen LogP contribution in [-0.4, -0.2) is 50.7 Å². The van der Waals surface area contributed by atoms with Gasteiger partial charge in [0.15, 0.2) is 0 Å². The van der Waals surface area contributed by atoms with E-state index in [-0.39, 0.29) is 6.10 Å². The number of rotatable bonds is 21. The number of unbranched alkanes of at least 4 members (excludes halogenated alkanes) is 6. The van der Waals surface area contributed by atoms with Crippen molar-refractivity contribution in [2.75, 3.05) is 21.3 Å². The smallest absolute Gasteiger partial charge is 0.303 e. The molecule has 0 aromatic rings. The molecule has 0 radical (unpaired) electrons. The number of carboxylic acids is 1. The standard InChI is InChI=1S/C23H46O5/c1-5-6-10-13-20(26-2)16-18-22(28-4)19-17-21(27-3)14-11-8-7-9-12-15-23(24)25/h20-22H,5-19H2,1-4H3,(H,24,25). The quantitative estimate of drug-likeness (QED) is 0.239. The molecule has 0 aliphatic carbocycles. The average molecular weight is 403 g/mol. The van der Waals surface area contributed by atoms with Gasteiger partial charge in [-0.15, -0.1) is 0 Å². The number of hydrogen-bond donors (Lipinski definition) is 1. The van der Waals surface area contributed by atoms with E-state index in [0.717, 1.165) is 70.6 Å². The zero-order chi connectivity index (χ0) is 21.0. The summed E-state index contributed by atoms with van der Waals surface area (Å²) in [5.74, 6) is -0.690. The highest BCUT2D eigenvalue weighted by molar-refractivity contribution is 5.66. The van der Waals surface area contributed by atoms with Crippen LogP contribution in [0, 0.1) is 0 Å². The van der Waals surface area contributed by atoms with E-state index >= 15 is 0 Å². The van der Waals surface area contributed by atoms with Crippen LogP contribution in [0.2, 0.25) is 0 Å². The highest BCUT2D eigenvalue weighted by Gasteiger charge is 2.15. The zero-order valence-electron chi connectivity index (χ0n) is 18.9. The molecule has 0 aromatic heterocycles. The SMILES string of the molecule is CCCCCC(CCC(CCC(CCCCCCCC(=O)O)OC)OC)OC. The molecule has 0 amide bonds. The van der Waals surface area contributed by atoms with E-state index in [1.54, 1.807) is 7.11 Å². The van der Waals surface area contributed by atoms with Gasteiger partial charge in [0, 0.05) is 27.8 Å². The van der Waals surface area contributed by atoms with Crippen LogP contribution in [0.3, 0.4) is 0 Å². The summed E-state index contributed by atoms with van der Waals surface area (Å²) in [4.78, 5) is 10.5. The van der Waals surface area contributed by atoms with Gasteiger partial charge in [-0.1, -0.05) is 51.9 Å². The summed E-state index contributed by atoms with van der Waals surface area (Å²) in [6.07, 6.45) is 16.6. The first kappa shape index (κ1) is 27.4. The highest BCUT2D eigenvalue weighted by atomic mass is 16.5. The molecule has 0 fully saturated rings. The first-order chi connectivity index (χ1) is 13.6. The summed E-state index contributed by atoms with van der Waals surface area (Å²) in [6.45, 7) is 2.23. The number of ether oxygens (including phenoxy) is 3. The molecule has 0 rings (SSSR count). The third-order valence-electron chi connectivity index (χ3n) is 5.67. The first-order valence-electron chi connectivity index (χ1n) is 11.4. The fourth-order valence-electron chi connectivity index (χ4n) is 3.68. The predicted octanol–water partition coefficient (Wildman–Crippen LogP) is 5.99. The van der Waals surface area contributed by atoms with Crippen molar-refractivity contribution in [1.29, 1.82) is 0 Å². The molecule has 0 aliphatic heterocycles. The molecule has 0 heterocycles. The third-order valence-corrected chi connectivity index (χ3v) is 5.67. The minimum absolute atomic E-state index is 0.275. The van der Waals surface area contributed by atoms with Crippen LogP contribution >= 0.6 is 0 Å². The second-order valence-electron chi connectivity index (χ2n) is 7.92. The summed E-state index contributed by atoms with van der Waals surface area (Å²) in [5, 5.41) is 8.64. The van der Waals surface area contributed by atoms with Crippen molar-refractivity contribution in [3.63, 3.8) is 0 Å². The van der Waals surface area contributed by atoms with Crippen LogP contribution in [0.15, 0.2) is 0 Å². The van der Waals surface area contributed by atoms with Crippen LogP contribution in [0.1, 0.15) is 103 Å². The molecule has 5 nitrogen and oxygen atoms in total. The molecular formula is C23H46O5. The zero-order valence-corrected chi connectivity index (χ0v) is 18.9. The van der Waals surface area contributed by atoms with Gasteiger partial charge in [0.25, 0.3) is 0 Å². The van der Waals surface area contributed by atoms with Gasteiger partial charge >= 0.3 is 5.97 Å². The summed E-state index contributed by atoms with van der Waals surface area (Å²) >= 11 is 0. The average Bonchev–Trinajstić information content (AvgIpc) is 2.69. The number of aliphatic carboxylic acids is 1. The minimum Gasteiger partial charge on any atom is -0.481 e. The maximum absolute atomic E-state index is 10.5. The van der Waals surface area contributed by atoms with Crippen LogP contribution in [0.5, 0.6) is 0 Å². The van der Waals surface area contributed by atoms with Crippen molar-refractivity contribution < 1.29 is 24.1 Å². The summed E-state index contributed by atoms with van der Waals surface area (Å²) in [7, 11) is 5.43. The van der Waals surface area contributed by atoms with Gasteiger partial charge in [0.05, 0.1) is 18.3 Å². The topological polar surface area (TPSA) is 65.0 Å². The molecule has 0 saturated heterocycles. The Kier molecular flexibility index (Phi) is 19.2. The molecule has 5 heteroatoms. The normalized spacial score (nSPS) is 14.7. The Hall–Kier alpha value is -0.650. The Labute approximate surface area is 173 Å². The first-order valence-corrected chi connectivity index (χ1v) is 11.4. The summed E-state index contributed by atoms with van der Waals surface area (Å²) < 4.78 is 17.0. The molecule has 3 atom stereocenters. The van der Waals surface area contributed by atoms with Crippen LogP contribution in [0.4, 0.5) is 0 Å². The predicted molar refractivity (Wildman–Crippen MR) is 115 cm³/mol. The van der Waals surface area contributed by atoms with E-state index in [0.29, 0.717) is 18.6 Å². The largest absolute Gasteiger partial charge is 0.481 e. The fraction of sp³-hybridized carbons (Fsp3) is 0.957. The molecule has 0 saturated carbocycles. The van der Waals surface area contributed by atoms with Gasteiger partial charge in [-0.3, -0.25) is 4.79 Å². The molecule has 0 spiro atoms. The van der Waals surface area contributed by atoms with E-state index < -0.39 is 5.97 Å². The highest BCUT2D eigenvalue weighted by Crippen LogP contribution is 2.19. The molecule has 168 valence electrons. The van der Waals surface area contributed by atoms with Crippen LogP contribution < -0.4 is 0 Å². The number of hydrogen-bond acceptors (Lipinski definition) is 4. The monoisotopic (exact) mass is 402 g/mol. The molecule has 0 aromatic carbocycles. The molecule has 28 heavy (non-hydrogen) atoms. The van der Waals surface area contributed by atoms with Gasteiger partial charge < -0.3 is 19.3 Å². The number of carbonyl (C=O) groups is 1. The number of carboxylic acid groups (broad SMARTS) is 1. The lowest BCUT2D eigenvalue weighted by molar-refractivity contribution is -0.137. The Balaban J connectivity index is 3.91. The summed E-state index contributed by atoms with van der Waals surface area (Å²) in [6, 6.07) is 0. The van der Waals surface area contributed by atoms with Gasteiger partial charge in [-0.2, -0.15) is 0 Å². The van der Waals surface area contributed by atoms with Crippen LogP contribution in [0.25, 0.3) is 0 Å². The fourth-order valence-corrected chi connectivity index (χ4v) is 3.68. The van der Waals surface area contributed by atoms with Crippen molar-refractivity contribution in [3.8, 4) is 0 Å². The van der Waals surface area contributed by atoms with E-state index in [4.69, 9.17) is 19.3 Å². The van der Waals surface area contributed by atoms with E-state index in [1.807, 2.05) is 14.2 Å². The minimum atomic E-state index is -0.690. The lowest BCUT2D eigenvalue weighted by Gasteiger charge is -2.22. The van der Waals surface area contributed by atoms with E-state index in [1.165, 1.54) is 19.3 Å². The lowest BCUT2D eigenvalue weighted by atomic mass is 9.98. The van der Waals surface area contributed by atoms with E-state index in [9.17, 15) is 4.79 Å². The number of methoxy groups -OCH3 is 3. The summed E-state index contributed by atoms with van der Waals surface area (Å²) in [5.41, 5.74) is 0. The Morgan fingerprint density at radius 3 is 1.46 bits per heavy atom. The van der Waals surface area contributed by atoms with Crippen molar-refractivity contribution in [2.24, 2.45) is 0 Å². The molecular weight excluding hydrogens is 356 g/mol. The van der Waals surface area contributed by atoms with Gasteiger partial charge in [0.1, 0.15) is 0 Å². The van der Waals surface area contributed by atoms with E-state index in [2.05, 4.69) is 6.92 Å². The van der Waals surface area contributed by atoms with Crippen molar-refractivity contribution in [2.45, 2.75) is 122 Å². The molecule has 0 bridgehead atoms.